The van der Waals surface area contributed by atoms with Gasteiger partial charge in [-0.15, -0.1) is 0 Å². The van der Waals surface area contributed by atoms with E-state index in [0.29, 0.717) is 12.2 Å². The van der Waals surface area contributed by atoms with Crippen LogP contribution >= 0.6 is 0 Å². The number of nitrogens with zero attached hydrogens (tertiary/aromatic N) is 3. The van der Waals surface area contributed by atoms with Crippen LogP contribution in [0.2, 0.25) is 0 Å². The molecule has 1 aliphatic rings. The van der Waals surface area contributed by atoms with Gasteiger partial charge in [0.25, 0.3) is 5.69 Å². The zero-order valence-corrected chi connectivity index (χ0v) is 13.7. The maximum atomic E-state index is 12.6. The first-order valence-electron chi connectivity index (χ1n) is 7.68. The number of likely N-dealkylation sites (N-methyl/N-ethyl adjacent to an activating group) is 1. The Balaban J connectivity index is 2.13. The molecule has 1 saturated heterocycles. The molecule has 0 aliphatic carbocycles. The fourth-order valence-corrected chi connectivity index (χ4v) is 3.12. The first-order chi connectivity index (χ1) is 10.7. The van der Waals surface area contributed by atoms with Crippen LogP contribution in [0.3, 0.4) is 0 Å². The standard InChI is InChI=1S/C16H23N3O4/c1-16(2,21)14-9-6-10-18(14)15(20)11-17(3)12-7-4-5-8-13(12)19(22)23/h4-5,7-8,14,21H,6,9-11H2,1-3H3. The maximum absolute atomic E-state index is 12.6. The average Bonchev–Trinajstić information content (AvgIpc) is 2.96. The van der Waals surface area contributed by atoms with Gasteiger partial charge in [-0.05, 0) is 32.8 Å². The average molecular weight is 321 g/mol. The van der Waals surface area contributed by atoms with E-state index in [0.717, 1.165) is 12.8 Å². The van der Waals surface area contributed by atoms with Gasteiger partial charge in [-0.3, -0.25) is 14.9 Å². The van der Waals surface area contributed by atoms with E-state index in [1.807, 2.05) is 0 Å². The molecule has 1 heterocycles. The van der Waals surface area contributed by atoms with Crippen molar-refractivity contribution in [2.75, 3.05) is 25.0 Å². The number of carbonyl (C=O) groups excluding carboxylic acids is 1. The number of aliphatic hydroxyl groups is 1. The molecule has 23 heavy (non-hydrogen) atoms. The largest absolute Gasteiger partial charge is 0.388 e. The van der Waals surface area contributed by atoms with E-state index < -0.39 is 10.5 Å². The second kappa shape index (κ2) is 6.54. The second-order valence-electron chi connectivity index (χ2n) is 6.50. The summed E-state index contributed by atoms with van der Waals surface area (Å²) in [5.41, 5.74) is -0.572. The minimum absolute atomic E-state index is 0.0248. The molecule has 126 valence electrons. The number of benzene rings is 1. The number of amides is 1. The van der Waals surface area contributed by atoms with Gasteiger partial charge in [-0.25, -0.2) is 0 Å². The van der Waals surface area contributed by atoms with Gasteiger partial charge >= 0.3 is 0 Å². The van der Waals surface area contributed by atoms with Crippen molar-refractivity contribution in [2.45, 2.75) is 38.3 Å². The predicted octanol–water partition coefficient (Wildman–Crippen LogP) is 1.79. The highest BCUT2D eigenvalue weighted by Gasteiger charge is 2.38. The normalized spacial score (nSPS) is 18.1. The van der Waals surface area contributed by atoms with Gasteiger partial charge in [0, 0.05) is 19.7 Å². The van der Waals surface area contributed by atoms with Crippen molar-refractivity contribution in [3.63, 3.8) is 0 Å². The topological polar surface area (TPSA) is 86.9 Å². The number of para-hydroxylation sites is 2. The monoisotopic (exact) mass is 321 g/mol. The van der Waals surface area contributed by atoms with E-state index in [2.05, 4.69) is 0 Å². The molecule has 1 N–H and O–H groups in total. The Kier molecular flexibility index (Phi) is 4.89. The zero-order chi connectivity index (χ0) is 17.2. The summed E-state index contributed by atoms with van der Waals surface area (Å²) in [5.74, 6) is -0.129. The SMILES string of the molecule is CN(CC(=O)N1CCCC1C(C)(C)O)c1ccccc1[N+](=O)[O-]. The number of nitro benzene ring substituents is 1. The molecule has 0 spiro atoms. The van der Waals surface area contributed by atoms with Crippen molar-refractivity contribution in [3.8, 4) is 0 Å². The molecule has 0 radical (unpaired) electrons. The molecule has 7 nitrogen and oxygen atoms in total. The molecule has 2 rings (SSSR count). The lowest BCUT2D eigenvalue weighted by molar-refractivity contribution is -0.384. The molecule has 7 heteroatoms. The highest BCUT2D eigenvalue weighted by atomic mass is 16.6. The minimum Gasteiger partial charge on any atom is -0.388 e. The van der Waals surface area contributed by atoms with Gasteiger partial charge in [0.1, 0.15) is 5.69 Å². The van der Waals surface area contributed by atoms with Crippen molar-refractivity contribution in [1.29, 1.82) is 0 Å². The van der Waals surface area contributed by atoms with E-state index in [9.17, 15) is 20.0 Å². The quantitative estimate of drug-likeness (QED) is 0.660. The first-order valence-corrected chi connectivity index (χ1v) is 7.68. The van der Waals surface area contributed by atoms with Gasteiger partial charge in [0.15, 0.2) is 0 Å². The number of hydrogen-bond donors (Lipinski definition) is 1. The number of anilines is 1. The van der Waals surface area contributed by atoms with E-state index in [1.54, 1.807) is 48.9 Å². The van der Waals surface area contributed by atoms with Crippen LogP contribution in [0.1, 0.15) is 26.7 Å². The Bertz CT molecular complexity index is 597. The third-order valence-corrected chi connectivity index (χ3v) is 4.25. The summed E-state index contributed by atoms with van der Waals surface area (Å²) in [7, 11) is 1.66. The van der Waals surface area contributed by atoms with Gasteiger partial charge in [0.05, 0.1) is 23.1 Å². The van der Waals surface area contributed by atoms with Crippen LogP contribution in [-0.4, -0.2) is 52.6 Å². The Morgan fingerprint density at radius 3 is 2.74 bits per heavy atom. The molecule has 0 saturated carbocycles. The molecule has 1 unspecified atom stereocenters. The van der Waals surface area contributed by atoms with Gasteiger partial charge in [0.2, 0.25) is 5.91 Å². The Hall–Kier alpha value is -2.15. The summed E-state index contributed by atoms with van der Waals surface area (Å²) < 4.78 is 0. The van der Waals surface area contributed by atoms with Crippen molar-refractivity contribution in [2.24, 2.45) is 0 Å². The molecular weight excluding hydrogens is 298 g/mol. The summed E-state index contributed by atoms with van der Waals surface area (Å²) in [4.78, 5) is 26.5. The van der Waals surface area contributed by atoms with Crippen molar-refractivity contribution in [1.82, 2.24) is 4.90 Å². The lowest BCUT2D eigenvalue weighted by atomic mass is 9.96. The lowest BCUT2D eigenvalue weighted by Crippen LogP contribution is -2.50. The van der Waals surface area contributed by atoms with Gasteiger partial charge < -0.3 is 14.9 Å². The van der Waals surface area contributed by atoms with Crippen LogP contribution < -0.4 is 4.90 Å². The summed E-state index contributed by atoms with van der Waals surface area (Å²) in [6.07, 6.45) is 1.63. The summed E-state index contributed by atoms with van der Waals surface area (Å²) >= 11 is 0. The highest BCUT2D eigenvalue weighted by Crippen LogP contribution is 2.29. The molecule has 1 fully saturated rings. The number of nitro groups is 1. The lowest BCUT2D eigenvalue weighted by Gasteiger charge is -2.34. The second-order valence-corrected chi connectivity index (χ2v) is 6.50. The predicted molar refractivity (Wildman–Crippen MR) is 87.4 cm³/mol. The molecule has 0 bridgehead atoms. The van der Waals surface area contributed by atoms with E-state index in [1.165, 1.54) is 6.07 Å². The molecule has 1 aliphatic heterocycles. The number of likely N-dealkylation sites (tertiary alicyclic amines) is 1. The van der Waals surface area contributed by atoms with Crippen LogP contribution in [0.25, 0.3) is 0 Å². The zero-order valence-electron chi connectivity index (χ0n) is 13.7. The van der Waals surface area contributed by atoms with E-state index >= 15 is 0 Å². The molecule has 1 atom stereocenters. The summed E-state index contributed by atoms with van der Waals surface area (Å²) in [5, 5.41) is 21.3. The van der Waals surface area contributed by atoms with E-state index in [-0.39, 0.29) is 24.2 Å². The Morgan fingerprint density at radius 2 is 2.13 bits per heavy atom. The van der Waals surface area contributed by atoms with Crippen molar-refractivity contribution < 1.29 is 14.8 Å². The van der Waals surface area contributed by atoms with Crippen LogP contribution in [0.15, 0.2) is 24.3 Å². The minimum atomic E-state index is -0.955. The van der Waals surface area contributed by atoms with Gasteiger partial charge in [-0.1, -0.05) is 12.1 Å². The van der Waals surface area contributed by atoms with Crippen molar-refractivity contribution >= 4 is 17.3 Å². The maximum Gasteiger partial charge on any atom is 0.292 e. The van der Waals surface area contributed by atoms with Crippen LogP contribution in [0.4, 0.5) is 11.4 Å². The molecule has 1 aromatic rings. The number of hydrogen-bond acceptors (Lipinski definition) is 5. The molecule has 1 amide bonds. The fraction of sp³-hybridized carbons (Fsp3) is 0.562. The molecule has 0 aromatic heterocycles. The van der Waals surface area contributed by atoms with Crippen LogP contribution in [0.5, 0.6) is 0 Å². The molecule has 1 aromatic carbocycles. The highest BCUT2D eigenvalue weighted by molar-refractivity contribution is 5.83. The van der Waals surface area contributed by atoms with Crippen LogP contribution in [-0.2, 0) is 4.79 Å². The Morgan fingerprint density at radius 1 is 1.48 bits per heavy atom. The fourth-order valence-electron chi connectivity index (χ4n) is 3.12. The smallest absolute Gasteiger partial charge is 0.292 e. The van der Waals surface area contributed by atoms with Crippen LogP contribution in [0, 0.1) is 10.1 Å². The number of carbonyl (C=O) groups is 1. The molecular formula is C16H23N3O4. The third kappa shape index (κ3) is 3.79. The van der Waals surface area contributed by atoms with Gasteiger partial charge in [-0.2, -0.15) is 0 Å². The van der Waals surface area contributed by atoms with E-state index in [4.69, 9.17) is 0 Å². The number of rotatable bonds is 5. The Labute approximate surface area is 135 Å². The summed E-state index contributed by atoms with van der Waals surface area (Å²) in [6.45, 7) is 4.06. The third-order valence-electron chi connectivity index (χ3n) is 4.25. The summed E-state index contributed by atoms with van der Waals surface area (Å²) in [6, 6.07) is 6.14. The first kappa shape index (κ1) is 17.2. The van der Waals surface area contributed by atoms with Crippen molar-refractivity contribution in [3.05, 3.63) is 34.4 Å².